The Morgan fingerprint density at radius 3 is 2.45 bits per heavy atom. The Hall–Kier alpha value is -2.33. The lowest BCUT2D eigenvalue weighted by molar-refractivity contribution is -0.163. The molecule has 5 rings (SSSR count). The van der Waals surface area contributed by atoms with Crippen molar-refractivity contribution in [1.82, 2.24) is 14.7 Å². The maximum absolute atomic E-state index is 15.2. The van der Waals surface area contributed by atoms with Crippen LogP contribution in [0.2, 0.25) is 5.02 Å². The van der Waals surface area contributed by atoms with E-state index in [0.717, 1.165) is 18.4 Å². The third-order valence-corrected chi connectivity index (χ3v) is 9.67. The van der Waals surface area contributed by atoms with Crippen molar-refractivity contribution in [3.8, 4) is 0 Å². The van der Waals surface area contributed by atoms with Crippen molar-refractivity contribution in [3.63, 3.8) is 0 Å². The number of carbonyl (C=O) groups is 2. The molecule has 0 saturated carbocycles. The highest BCUT2D eigenvalue weighted by Crippen LogP contribution is 2.39. The highest BCUT2D eigenvalue weighted by Gasteiger charge is 2.46. The molecule has 1 aromatic rings. The summed E-state index contributed by atoms with van der Waals surface area (Å²) in [6.07, 6.45) is 4.07. The van der Waals surface area contributed by atoms with Crippen LogP contribution in [0.25, 0.3) is 0 Å². The van der Waals surface area contributed by atoms with Gasteiger partial charge in [0, 0.05) is 69.0 Å². The van der Waals surface area contributed by atoms with Gasteiger partial charge in [-0.25, -0.2) is 8.78 Å². The number of allylic oxidation sites excluding steroid dienone is 3. The standard InChI is InChI=1S/C34H46ClF2N3O4/c1-21-14-23(29(36)15-21)16-31(33(42)44-34(3,4)5)38-10-11-40(22(2)18-38)32(41)28-20-39(25-8-12-43-13-9-25)19-27(28)26-7-6-24(35)17-30(26)37/h6-7,15,17,22,25,27-28,31H,8-14,16,18-20H2,1-5H3/t22-,27-,28+,31-/m0/s1. The molecule has 3 fully saturated rings. The molecule has 3 heterocycles. The number of piperazine rings is 1. The topological polar surface area (TPSA) is 62.3 Å². The molecule has 0 aromatic heterocycles. The summed E-state index contributed by atoms with van der Waals surface area (Å²) in [4.78, 5) is 34.0. The zero-order valence-corrected chi connectivity index (χ0v) is 27.3. The minimum Gasteiger partial charge on any atom is -0.459 e. The highest BCUT2D eigenvalue weighted by molar-refractivity contribution is 6.30. The summed E-state index contributed by atoms with van der Waals surface area (Å²) < 4.78 is 41.3. The fourth-order valence-electron chi connectivity index (χ4n) is 7.28. The smallest absolute Gasteiger partial charge is 0.324 e. The number of hydrogen-bond acceptors (Lipinski definition) is 6. The molecular weight excluding hydrogens is 588 g/mol. The van der Waals surface area contributed by atoms with Crippen molar-refractivity contribution in [2.45, 2.75) is 89.9 Å². The van der Waals surface area contributed by atoms with E-state index < -0.39 is 17.6 Å². The largest absolute Gasteiger partial charge is 0.459 e. The molecule has 0 bridgehead atoms. The first-order valence-electron chi connectivity index (χ1n) is 15.9. The summed E-state index contributed by atoms with van der Waals surface area (Å²) in [7, 11) is 0. The average Bonchev–Trinajstić information content (AvgIpc) is 3.53. The van der Waals surface area contributed by atoms with Gasteiger partial charge in [0.05, 0.1) is 5.92 Å². The van der Waals surface area contributed by atoms with Gasteiger partial charge in [-0.05, 0) is 89.6 Å². The Labute approximate surface area is 265 Å². The molecule has 0 radical (unpaired) electrons. The third-order valence-electron chi connectivity index (χ3n) is 9.44. The summed E-state index contributed by atoms with van der Waals surface area (Å²) in [5.41, 5.74) is 1.38. The third kappa shape index (κ3) is 7.54. The van der Waals surface area contributed by atoms with Crippen LogP contribution in [0.4, 0.5) is 8.78 Å². The predicted molar refractivity (Wildman–Crippen MR) is 167 cm³/mol. The Morgan fingerprint density at radius 2 is 1.84 bits per heavy atom. The van der Waals surface area contributed by atoms with Crippen LogP contribution >= 0.6 is 11.6 Å². The summed E-state index contributed by atoms with van der Waals surface area (Å²) in [5.74, 6) is -1.73. The van der Waals surface area contributed by atoms with E-state index in [0.29, 0.717) is 74.6 Å². The minimum atomic E-state index is -0.680. The number of benzene rings is 1. The van der Waals surface area contributed by atoms with Gasteiger partial charge >= 0.3 is 5.97 Å². The fraction of sp³-hybridized carbons (Fsp3) is 0.647. The van der Waals surface area contributed by atoms with Crippen molar-refractivity contribution < 1.29 is 27.8 Å². The molecular formula is C34H46ClF2N3O4. The number of likely N-dealkylation sites (tertiary alicyclic amines) is 1. The number of hydrogen-bond donors (Lipinski definition) is 0. The number of carbonyl (C=O) groups excluding carboxylic acids is 2. The van der Waals surface area contributed by atoms with Crippen LogP contribution in [-0.4, -0.2) is 96.2 Å². The number of nitrogens with zero attached hydrogens (tertiary/aromatic N) is 3. The first kappa shape index (κ1) is 33.0. The van der Waals surface area contributed by atoms with Gasteiger partial charge in [-0.1, -0.05) is 23.2 Å². The van der Waals surface area contributed by atoms with Crippen molar-refractivity contribution in [1.29, 1.82) is 0 Å². The average molecular weight is 634 g/mol. The first-order valence-corrected chi connectivity index (χ1v) is 16.3. The number of rotatable bonds is 7. The summed E-state index contributed by atoms with van der Waals surface area (Å²) in [6.45, 7) is 13.2. The van der Waals surface area contributed by atoms with Crippen LogP contribution in [-0.2, 0) is 19.1 Å². The second-order valence-corrected chi connectivity index (χ2v) is 14.4. The molecule has 0 spiro atoms. The van der Waals surface area contributed by atoms with Gasteiger partial charge in [0.1, 0.15) is 23.3 Å². The van der Waals surface area contributed by atoms with Gasteiger partial charge in [-0.3, -0.25) is 19.4 Å². The minimum absolute atomic E-state index is 0.00393. The fourth-order valence-corrected chi connectivity index (χ4v) is 7.44. The Bertz CT molecular complexity index is 1310. The Kier molecular flexibility index (Phi) is 10.2. The summed E-state index contributed by atoms with van der Waals surface area (Å²) in [5, 5.41) is 0.330. The van der Waals surface area contributed by atoms with Crippen LogP contribution in [0, 0.1) is 11.7 Å². The lowest BCUT2D eigenvalue weighted by Gasteiger charge is -2.44. The Morgan fingerprint density at radius 1 is 1.11 bits per heavy atom. The molecule has 0 N–H and O–H groups in total. The molecule has 3 saturated heterocycles. The van der Waals surface area contributed by atoms with Crippen molar-refractivity contribution in [2.24, 2.45) is 5.92 Å². The van der Waals surface area contributed by atoms with Crippen LogP contribution < -0.4 is 0 Å². The Balaban J connectivity index is 1.33. The molecule has 44 heavy (non-hydrogen) atoms. The second-order valence-electron chi connectivity index (χ2n) is 13.9. The second kappa shape index (κ2) is 13.6. The van der Waals surface area contributed by atoms with E-state index in [4.69, 9.17) is 21.1 Å². The maximum Gasteiger partial charge on any atom is 0.324 e. The predicted octanol–water partition coefficient (Wildman–Crippen LogP) is 5.88. The monoisotopic (exact) mass is 633 g/mol. The van der Waals surface area contributed by atoms with E-state index in [2.05, 4.69) is 4.90 Å². The normalized spacial score (nSPS) is 26.7. The van der Waals surface area contributed by atoms with E-state index in [1.807, 2.05) is 44.4 Å². The number of halogens is 3. The van der Waals surface area contributed by atoms with Crippen LogP contribution in [0.3, 0.4) is 0 Å². The molecule has 0 unspecified atom stereocenters. The van der Waals surface area contributed by atoms with Crippen molar-refractivity contribution in [3.05, 3.63) is 57.7 Å². The van der Waals surface area contributed by atoms with E-state index in [9.17, 15) is 14.0 Å². The number of esters is 1. The summed E-state index contributed by atoms with van der Waals surface area (Å²) >= 11 is 6.08. The van der Waals surface area contributed by atoms with Gasteiger partial charge in [0.25, 0.3) is 0 Å². The molecule has 1 amide bonds. The lowest BCUT2D eigenvalue weighted by Crippen LogP contribution is -2.59. The maximum atomic E-state index is 15.2. The van der Waals surface area contributed by atoms with E-state index in [1.54, 1.807) is 12.1 Å². The molecule has 7 nitrogen and oxygen atoms in total. The zero-order valence-electron chi connectivity index (χ0n) is 26.6. The first-order chi connectivity index (χ1) is 20.8. The van der Waals surface area contributed by atoms with Gasteiger partial charge in [-0.15, -0.1) is 0 Å². The molecule has 4 atom stereocenters. The molecule has 10 heteroatoms. The highest BCUT2D eigenvalue weighted by atomic mass is 35.5. The molecule has 1 aliphatic carbocycles. The molecule has 3 aliphatic heterocycles. The van der Waals surface area contributed by atoms with E-state index in [1.165, 1.54) is 12.1 Å². The van der Waals surface area contributed by atoms with Gasteiger partial charge in [0.2, 0.25) is 5.91 Å². The SMILES string of the molecule is CC1=CC(F)=C(C[C@@H](C(=O)OC(C)(C)C)N2CCN(C(=O)[C@@H]3CN(C4CCOCC4)C[C@H]3c3ccc(Cl)cc3F)[C@@H](C)C2)C1. The zero-order chi connectivity index (χ0) is 31.8. The number of amides is 1. The molecule has 1 aromatic carbocycles. The van der Waals surface area contributed by atoms with Crippen LogP contribution in [0.15, 0.2) is 41.2 Å². The van der Waals surface area contributed by atoms with Crippen molar-refractivity contribution >= 4 is 23.5 Å². The van der Waals surface area contributed by atoms with Crippen LogP contribution in [0.5, 0.6) is 0 Å². The summed E-state index contributed by atoms with van der Waals surface area (Å²) in [6, 6.07) is 4.18. The quantitative estimate of drug-likeness (QED) is 0.350. The van der Waals surface area contributed by atoms with Gasteiger partial charge < -0.3 is 14.4 Å². The molecule has 242 valence electrons. The van der Waals surface area contributed by atoms with Crippen molar-refractivity contribution in [2.75, 3.05) is 45.9 Å². The molecule has 4 aliphatic rings. The lowest BCUT2D eigenvalue weighted by atomic mass is 9.87. The van der Waals surface area contributed by atoms with E-state index in [-0.39, 0.29) is 41.9 Å². The van der Waals surface area contributed by atoms with E-state index >= 15 is 4.39 Å². The van der Waals surface area contributed by atoms with Gasteiger partial charge in [0.15, 0.2) is 0 Å². The van der Waals surface area contributed by atoms with Gasteiger partial charge in [-0.2, -0.15) is 0 Å². The number of ether oxygens (including phenoxy) is 2. The van der Waals surface area contributed by atoms with Crippen LogP contribution in [0.1, 0.15) is 71.8 Å².